The highest BCUT2D eigenvalue weighted by atomic mass is 35.5. The molecular weight excluding hydrogens is 429 g/mol. The molecule has 0 spiro atoms. The number of halogens is 2. The van der Waals surface area contributed by atoms with Gasteiger partial charge in [0.2, 0.25) is 0 Å². The fraction of sp³-hybridized carbons (Fsp3) is 0.273. The largest absolute Gasteiger partial charge is 0.487 e. The molecule has 0 N–H and O–H groups in total. The van der Waals surface area contributed by atoms with Gasteiger partial charge in [-0.1, -0.05) is 67.2 Å². The number of nitrogens with zero attached hydrogens (tertiary/aromatic N) is 1. The third-order valence-corrected chi connectivity index (χ3v) is 6.03. The van der Waals surface area contributed by atoms with Crippen LogP contribution in [0.25, 0.3) is 6.08 Å². The third-order valence-electron chi connectivity index (χ3n) is 4.45. The van der Waals surface area contributed by atoms with Crippen molar-refractivity contribution in [3.8, 4) is 5.75 Å². The van der Waals surface area contributed by atoms with Crippen molar-refractivity contribution in [1.82, 2.24) is 4.90 Å². The molecule has 2 aromatic rings. The summed E-state index contributed by atoms with van der Waals surface area (Å²) in [6.07, 6.45) is 4.54. The molecule has 7 heteroatoms. The number of thioether (sulfide) groups is 1. The number of amides is 2. The van der Waals surface area contributed by atoms with E-state index in [0.29, 0.717) is 33.9 Å². The lowest BCUT2D eigenvalue weighted by Gasteiger charge is -2.11. The lowest BCUT2D eigenvalue weighted by molar-refractivity contribution is -0.122. The topological polar surface area (TPSA) is 46.6 Å². The predicted octanol–water partition coefficient (Wildman–Crippen LogP) is 6.80. The molecule has 0 aromatic heterocycles. The standard InChI is InChI=1S/C22H21Cl2NO3S/c1-2-3-6-11-25-21(26)20(29-22(25)27)13-15-9-10-19(18(24)12-15)28-14-16-7-4-5-8-17(16)23/h4-5,7-10,12-13H,2-3,6,11,14H2,1H3/b20-13-. The Labute approximate surface area is 184 Å². The maximum absolute atomic E-state index is 12.5. The Kier molecular flexibility index (Phi) is 7.64. The highest BCUT2D eigenvalue weighted by molar-refractivity contribution is 8.18. The minimum Gasteiger partial charge on any atom is -0.487 e. The second kappa shape index (κ2) is 10.2. The Hall–Kier alpha value is -1.95. The van der Waals surface area contributed by atoms with E-state index in [0.717, 1.165) is 42.2 Å². The molecule has 3 rings (SSSR count). The van der Waals surface area contributed by atoms with Crippen LogP contribution in [0.15, 0.2) is 47.4 Å². The summed E-state index contributed by atoms with van der Waals surface area (Å²) in [4.78, 5) is 26.3. The predicted molar refractivity (Wildman–Crippen MR) is 119 cm³/mol. The number of hydrogen-bond donors (Lipinski definition) is 0. The average Bonchev–Trinajstić information content (AvgIpc) is 2.96. The van der Waals surface area contributed by atoms with Gasteiger partial charge in [0.25, 0.3) is 11.1 Å². The molecule has 2 amide bonds. The van der Waals surface area contributed by atoms with Crippen molar-refractivity contribution in [2.24, 2.45) is 0 Å². The summed E-state index contributed by atoms with van der Waals surface area (Å²) in [7, 11) is 0. The molecule has 0 bridgehead atoms. The number of carbonyl (C=O) groups excluding carboxylic acids is 2. The van der Waals surface area contributed by atoms with Gasteiger partial charge in [0, 0.05) is 17.1 Å². The van der Waals surface area contributed by atoms with E-state index < -0.39 is 0 Å². The minimum absolute atomic E-state index is 0.219. The van der Waals surface area contributed by atoms with Gasteiger partial charge >= 0.3 is 0 Å². The normalized spacial score (nSPS) is 15.4. The van der Waals surface area contributed by atoms with E-state index in [4.69, 9.17) is 27.9 Å². The second-order valence-electron chi connectivity index (χ2n) is 6.61. The Balaban J connectivity index is 1.67. The Morgan fingerprint density at radius 3 is 2.59 bits per heavy atom. The van der Waals surface area contributed by atoms with E-state index in [9.17, 15) is 9.59 Å². The maximum atomic E-state index is 12.5. The van der Waals surface area contributed by atoms with Gasteiger partial charge in [0.1, 0.15) is 12.4 Å². The van der Waals surface area contributed by atoms with Crippen molar-refractivity contribution in [1.29, 1.82) is 0 Å². The molecule has 0 atom stereocenters. The van der Waals surface area contributed by atoms with Crippen molar-refractivity contribution in [2.45, 2.75) is 32.8 Å². The van der Waals surface area contributed by atoms with Crippen LogP contribution in [0.1, 0.15) is 37.3 Å². The summed E-state index contributed by atoms with van der Waals surface area (Å²) in [5.74, 6) is 0.280. The first-order chi connectivity index (χ1) is 14.0. The summed E-state index contributed by atoms with van der Waals surface area (Å²) >= 11 is 13.4. The minimum atomic E-state index is -0.244. The number of rotatable bonds is 8. The number of unbranched alkanes of at least 4 members (excludes halogenated alkanes) is 2. The first-order valence-corrected chi connectivity index (χ1v) is 11.0. The van der Waals surface area contributed by atoms with E-state index >= 15 is 0 Å². The fourth-order valence-corrected chi connectivity index (χ4v) is 4.16. The molecule has 0 aliphatic carbocycles. The first-order valence-electron chi connectivity index (χ1n) is 9.40. The summed E-state index contributed by atoms with van der Waals surface area (Å²) < 4.78 is 5.77. The van der Waals surface area contributed by atoms with E-state index in [2.05, 4.69) is 6.92 Å². The van der Waals surface area contributed by atoms with Crippen molar-refractivity contribution >= 4 is 52.2 Å². The van der Waals surface area contributed by atoms with E-state index in [1.807, 2.05) is 18.2 Å². The lowest BCUT2D eigenvalue weighted by atomic mass is 10.2. The van der Waals surface area contributed by atoms with Gasteiger partial charge in [-0.25, -0.2) is 0 Å². The molecule has 1 saturated heterocycles. The molecule has 1 fully saturated rings. The zero-order valence-corrected chi connectivity index (χ0v) is 18.3. The molecule has 1 aliphatic heterocycles. The van der Waals surface area contributed by atoms with Crippen LogP contribution in [-0.2, 0) is 11.4 Å². The van der Waals surface area contributed by atoms with Crippen molar-refractivity contribution in [3.05, 3.63) is 68.5 Å². The van der Waals surface area contributed by atoms with Crippen molar-refractivity contribution < 1.29 is 14.3 Å². The highest BCUT2D eigenvalue weighted by Gasteiger charge is 2.34. The quantitative estimate of drug-likeness (QED) is 0.328. The van der Waals surface area contributed by atoms with Gasteiger partial charge < -0.3 is 4.74 Å². The number of ether oxygens (including phenoxy) is 1. The van der Waals surface area contributed by atoms with Crippen LogP contribution < -0.4 is 4.74 Å². The summed E-state index contributed by atoms with van der Waals surface area (Å²) in [5.41, 5.74) is 1.60. The molecule has 29 heavy (non-hydrogen) atoms. The molecule has 1 heterocycles. The van der Waals surface area contributed by atoms with Crippen LogP contribution in [0, 0.1) is 0 Å². The first kappa shape index (κ1) is 21.8. The van der Waals surface area contributed by atoms with Gasteiger partial charge in [-0.3, -0.25) is 14.5 Å². The van der Waals surface area contributed by atoms with Gasteiger partial charge in [-0.05, 0) is 48.0 Å². The monoisotopic (exact) mass is 449 g/mol. The molecule has 2 aromatic carbocycles. The molecular formula is C22H21Cl2NO3S. The fourth-order valence-electron chi connectivity index (χ4n) is 2.86. The number of imide groups is 1. The Morgan fingerprint density at radius 1 is 1.07 bits per heavy atom. The molecule has 152 valence electrons. The SMILES string of the molecule is CCCCCN1C(=O)S/C(=C\c2ccc(OCc3ccccc3Cl)c(Cl)c2)C1=O. The van der Waals surface area contributed by atoms with Gasteiger partial charge in [0.15, 0.2) is 0 Å². The van der Waals surface area contributed by atoms with Crippen molar-refractivity contribution in [3.63, 3.8) is 0 Å². The average molecular weight is 450 g/mol. The summed E-state index contributed by atoms with van der Waals surface area (Å²) in [6, 6.07) is 12.7. The van der Waals surface area contributed by atoms with Crippen LogP contribution in [0.4, 0.5) is 4.79 Å². The Bertz CT molecular complexity index is 945. The van der Waals surface area contributed by atoms with Gasteiger partial charge in [-0.2, -0.15) is 0 Å². The van der Waals surface area contributed by atoms with Crippen LogP contribution >= 0.6 is 35.0 Å². The molecule has 0 radical (unpaired) electrons. The number of carbonyl (C=O) groups is 2. The second-order valence-corrected chi connectivity index (χ2v) is 8.42. The van der Waals surface area contributed by atoms with Crippen LogP contribution in [0.5, 0.6) is 5.75 Å². The molecule has 0 unspecified atom stereocenters. The van der Waals surface area contributed by atoms with E-state index in [-0.39, 0.29) is 11.1 Å². The number of hydrogen-bond acceptors (Lipinski definition) is 4. The third kappa shape index (κ3) is 5.56. The van der Waals surface area contributed by atoms with Crippen LogP contribution in [-0.4, -0.2) is 22.6 Å². The highest BCUT2D eigenvalue weighted by Crippen LogP contribution is 2.34. The van der Waals surface area contributed by atoms with Gasteiger partial charge in [0.05, 0.1) is 9.93 Å². The molecule has 4 nitrogen and oxygen atoms in total. The van der Waals surface area contributed by atoms with Gasteiger partial charge in [-0.15, -0.1) is 0 Å². The van der Waals surface area contributed by atoms with E-state index in [1.54, 1.807) is 30.3 Å². The van der Waals surface area contributed by atoms with Crippen LogP contribution in [0.2, 0.25) is 10.0 Å². The van der Waals surface area contributed by atoms with Crippen LogP contribution in [0.3, 0.4) is 0 Å². The summed E-state index contributed by atoms with van der Waals surface area (Å²) in [6.45, 7) is 2.85. The smallest absolute Gasteiger partial charge is 0.293 e. The van der Waals surface area contributed by atoms with Crippen molar-refractivity contribution in [2.75, 3.05) is 6.54 Å². The number of benzene rings is 2. The maximum Gasteiger partial charge on any atom is 0.293 e. The Morgan fingerprint density at radius 2 is 1.86 bits per heavy atom. The zero-order valence-electron chi connectivity index (χ0n) is 16.0. The molecule has 1 aliphatic rings. The summed E-state index contributed by atoms with van der Waals surface area (Å²) in [5, 5.41) is 0.839. The zero-order chi connectivity index (χ0) is 20.8. The molecule has 0 saturated carbocycles. The van der Waals surface area contributed by atoms with E-state index in [1.165, 1.54) is 4.90 Å². The lowest BCUT2D eigenvalue weighted by Crippen LogP contribution is -2.29.